The minimum Gasteiger partial charge on any atom is -0.349 e. The first-order valence-electron chi connectivity index (χ1n) is 5.32. The molecule has 0 aliphatic rings. The molecule has 0 unspecified atom stereocenters. The molecule has 0 spiro atoms. The van der Waals surface area contributed by atoms with Gasteiger partial charge in [-0.3, -0.25) is 4.79 Å². The lowest BCUT2D eigenvalue weighted by Crippen LogP contribution is -2.30. The summed E-state index contributed by atoms with van der Waals surface area (Å²) in [6, 6.07) is 6.79. The third-order valence-electron chi connectivity index (χ3n) is 2.07. The van der Waals surface area contributed by atoms with Gasteiger partial charge in [-0.1, -0.05) is 29.3 Å². The van der Waals surface area contributed by atoms with Crippen LogP contribution >= 0.6 is 23.2 Å². The van der Waals surface area contributed by atoms with E-state index in [0.29, 0.717) is 15.6 Å². The molecule has 0 radical (unpaired) electrons. The Labute approximate surface area is 116 Å². The van der Waals surface area contributed by atoms with Crippen LogP contribution in [0.25, 0.3) is 6.08 Å². The molecule has 0 aromatic heterocycles. The van der Waals surface area contributed by atoms with E-state index in [0.717, 1.165) is 0 Å². The van der Waals surface area contributed by atoms with Gasteiger partial charge in [0.05, 0.1) is 0 Å². The molecule has 3 nitrogen and oxygen atoms in total. The minimum absolute atomic E-state index is 0.0290. The zero-order valence-electron chi connectivity index (χ0n) is 10.00. The van der Waals surface area contributed by atoms with Crippen LogP contribution < -0.4 is 5.32 Å². The summed E-state index contributed by atoms with van der Waals surface area (Å²) >= 11 is 11.9. The second kappa shape index (κ2) is 6.44. The topological polar surface area (TPSA) is 52.9 Å². The van der Waals surface area contributed by atoms with Gasteiger partial charge in [0.15, 0.2) is 0 Å². The molecule has 0 heterocycles. The predicted molar refractivity (Wildman–Crippen MR) is 73.3 cm³/mol. The van der Waals surface area contributed by atoms with E-state index in [4.69, 9.17) is 28.5 Å². The number of carbonyl (C=O) groups is 1. The summed E-state index contributed by atoms with van der Waals surface area (Å²) in [7, 11) is 0. The third-order valence-corrected chi connectivity index (χ3v) is 2.73. The summed E-state index contributed by atoms with van der Waals surface area (Å²) in [4.78, 5) is 11.7. The molecule has 0 aliphatic carbocycles. The van der Waals surface area contributed by atoms with Gasteiger partial charge >= 0.3 is 0 Å². The summed E-state index contributed by atoms with van der Waals surface area (Å²) < 4.78 is 0. The average molecular weight is 283 g/mol. The van der Waals surface area contributed by atoms with Crippen molar-refractivity contribution in [3.63, 3.8) is 0 Å². The lowest BCUT2D eigenvalue weighted by Gasteiger charge is -2.07. The number of nitrogens with one attached hydrogen (secondary N) is 1. The first-order valence-corrected chi connectivity index (χ1v) is 6.08. The number of nitrogens with zero attached hydrogens (tertiary/aromatic N) is 1. The smallest absolute Gasteiger partial charge is 0.262 e. The maximum atomic E-state index is 11.7. The lowest BCUT2D eigenvalue weighted by atomic mass is 10.1. The number of amides is 1. The maximum absolute atomic E-state index is 11.7. The van der Waals surface area contributed by atoms with Crippen LogP contribution in [-0.4, -0.2) is 11.9 Å². The lowest BCUT2D eigenvalue weighted by molar-refractivity contribution is -0.117. The van der Waals surface area contributed by atoms with Crippen LogP contribution in [0.15, 0.2) is 23.8 Å². The van der Waals surface area contributed by atoms with Gasteiger partial charge in [0.25, 0.3) is 5.91 Å². The highest BCUT2D eigenvalue weighted by atomic mass is 35.5. The van der Waals surface area contributed by atoms with Crippen LogP contribution in [0.1, 0.15) is 19.4 Å². The van der Waals surface area contributed by atoms with Crippen LogP contribution in [0, 0.1) is 11.3 Å². The van der Waals surface area contributed by atoms with Crippen molar-refractivity contribution in [3.8, 4) is 6.07 Å². The standard InChI is InChI=1S/C13H12Cl2N2O/c1-8(2)17-13(18)9(7-16)6-10-11(14)4-3-5-12(10)15/h3-6,8H,1-2H3,(H,17,18). The third kappa shape index (κ3) is 3.76. The van der Waals surface area contributed by atoms with Gasteiger partial charge in [-0.15, -0.1) is 0 Å². The van der Waals surface area contributed by atoms with Crippen molar-refractivity contribution in [3.05, 3.63) is 39.4 Å². The van der Waals surface area contributed by atoms with Gasteiger partial charge in [0.2, 0.25) is 0 Å². The van der Waals surface area contributed by atoms with E-state index in [1.54, 1.807) is 18.2 Å². The Morgan fingerprint density at radius 3 is 2.39 bits per heavy atom. The Balaban J connectivity index is 3.13. The second-order valence-corrected chi connectivity index (χ2v) is 4.75. The Kier molecular flexibility index (Phi) is 5.21. The fourth-order valence-corrected chi connectivity index (χ4v) is 1.79. The van der Waals surface area contributed by atoms with Crippen LogP contribution in [0.3, 0.4) is 0 Å². The quantitative estimate of drug-likeness (QED) is 0.682. The Bertz CT molecular complexity index is 510. The fraction of sp³-hybridized carbons (Fsp3) is 0.231. The largest absolute Gasteiger partial charge is 0.349 e. The number of rotatable bonds is 3. The molecule has 5 heteroatoms. The van der Waals surface area contributed by atoms with Crippen molar-refractivity contribution >= 4 is 35.2 Å². The molecule has 1 N–H and O–H groups in total. The number of hydrogen-bond donors (Lipinski definition) is 1. The molecule has 18 heavy (non-hydrogen) atoms. The summed E-state index contributed by atoms with van der Waals surface area (Å²) in [6.45, 7) is 3.63. The molecule has 1 aromatic rings. The normalized spacial score (nSPS) is 11.2. The van der Waals surface area contributed by atoms with Gasteiger partial charge in [-0.2, -0.15) is 5.26 Å². The van der Waals surface area contributed by atoms with Crippen molar-refractivity contribution in [2.24, 2.45) is 0 Å². The molecule has 0 aliphatic heterocycles. The van der Waals surface area contributed by atoms with Crippen molar-refractivity contribution in [1.82, 2.24) is 5.32 Å². The second-order valence-electron chi connectivity index (χ2n) is 3.93. The maximum Gasteiger partial charge on any atom is 0.262 e. The highest BCUT2D eigenvalue weighted by Gasteiger charge is 2.12. The molecule has 1 aromatic carbocycles. The number of carbonyl (C=O) groups excluding carboxylic acids is 1. The summed E-state index contributed by atoms with van der Waals surface area (Å²) in [5.74, 6) is -0.441. The van der Waals surface area contributed by atoms with Gasteiger partial charge in [-0.25, -0.2) is 0 Å². The van der Waals surface area contributed by atoms with Gasteiger partial charge in [0.1, 0.15) is 11.6 Å². The highest BCUT2D eigenvalue weighted by molar-refractivity contribution is 6.37. The SMILES string of the molecule is CC(C)NC(=O)C(C#N)=Cc1c(Cl)cccc1Cl. The molecular weight excluding hydrogens is 271 g/mol. The Morgan fingerprint density at radius 2 is 1.94 bits per heavy atom. The first-order chi connectivity index (χ1) is 8.45. The predicted octanol–water partition coefficient (Wildman–Crippen LogP) is 3.42. The van der Waals surface area contributed by atoms with E-state index in [1.165, 1.54) is 6.08 Å². The first kappa shape index (κ1) is 14.6. The zero-order valence-corrected chi connectivity index (χ0v) is 11.5. The summed E-state index contributed by atoms with van der Waals surface area (Å²) in [5, 5.41) is 12.4. The molecule has 94 valence electrons. The fourth-order valence-electron chi connectivity index (χ4n) is 1.28. The average Bonchev–Trinajstić information content (AvgIpc) is 2.27. The number of halogens is 2. The van der Waals surface area contributed by atoms with Crippen LogP contribution in [0.5, 0.6) is 0 Å². The molecule has 0 saturated heterocycles. The molecule has 1 amide bonds. The molecule has 0 fully saturated rings. The summed E-state index contributed by atoms with van der Waals surface area (Å²) in [6.07, 6.45) is 1.39. The van der Waals surface area contributed by atoms with E-state index in [2.05, 4.69) is 5.32 Å². The van der Waals surface area contributed by atoms with Gasteiger partial charge < -0.3 is 5.32 Å². The van der Waals surface area contributed by atoms with Gasteiger partial charge in [0, 0.05) is 21.7 Å². The molecule has 0 atom stereocenters. The zero-order chi connectivity index (χ0) is 13.7. The number of nitriles is 1. The molecular formula is C13H12Cl2N2O. The summed E-state index contributed by atoms with van der Waals surface area (Å²) in [5.41, 5.74) is 0.440. The van der Waals surface area contributed by atoms with Crippen molar-refractivity contribution in [1.29, 1.82) is 5.26 Å². The monoisotopic (exact) mass is 282 g/mol. The molecule has 1 rings (SSSR count). The van der Waals surface area contributed by atoms with Crippen LogP contribution in [0.2, 0.25) is 10.0 Å². The Morgan fingerprint density at radius 1 is 1.39 bits per heavy atom. The van der Waals surface area contributed by atoms with Gasteiger partial charge in [-0.05, 0) is 32.1 Å². The van der Waals surface area contributed by atoms with Crippen molar-refractivity contribution in [2.75, 3.05) is 0 Å². The number of hydrogen-bond acceptors (Lipinski definition) is 2. The minimum atomic E-state index is -0.441. The van der Waals surface area contributed by atoms with Crippen LogP contribution in [-0.2, 0) is 4.79 Å². The van der Waals surface area contributed by atoms with E-state index in [-0.39, 0.29) is 11.6 Å². The number of benzene rings is 1. The van der Waals surface area contributed by atoms with Crippen molar-refractivity contribution in [2.45, 2.75) is 19.9 Å². The molecule has 0 bridgehead atoms. The Hall–Kier alpha value is -1.50. The van der Waals surface area contributed by atoms with E-state index in [9.17, 15) is 4.79 Å². The highest BCUT2D eigenvalue weighted by Crippen LogP contribution is 2.26. The van der Waals surface area contributed by atoms with E-state index >= 15 is 0 Å². The van der Waals surface area contributed by atoms with E-state index < -0.39 is 5.91 Å². The van der Waals surface area contributed by atoms with E-state index in [1.807, 2.05) is 19.9 Å². The van der Waals surface area contributed by atoms with Crippen LogP contribution in [0.4, 0.5) is 0 Å². The molecule has 0 saturated carbocycles. The van der Waals surface area contributed by atoms with Crippen molar-refractivity contribution < 1.29 is 4.79 Å².